The summed E-state index contributed by atoms with van der Waals surface area (Å²) in [6.45, 7) is 0. The number of nitrogens with zero attached hydrogens (tertiary/aromatic N) is 3. The summed E-state index contributed by atoms with van der Waals surface area (Å²) >= 11 is 0. The van der Waals surface area contributed by atoms with E-state index < -0.39 is 0 Å². The molecule has 0 saturated heterocycles. The second kappa shape index (κ2) is 7.90. The summed E-state index contributed by atoms with van der Waals surface area (Å²) in [6, 6.07) is 8.98. The molecule has 1 aromatic carbocycles. The van der Waals surface area contributed by atoms with Crippen molar-refractivity contribution >= 4 is 5.95 Å². The van der Waals surface area contributed by atoms with E-state index in [-0.39, 0.29) is 23.9 Å². The van der Waals surface area contributed by atoms with Gasteiger partial charge in [-0.1, -0.05) is 12.1 Å². The molecule has 0 atom stereocenters. The number of pyridine rings is 1. The maximum atomic E-state index is 14.8. The first-order chi connectivity index (χ1) is 13.6. The van der Waals surface area contributed by atoms with E-state index in [9.17, 15) is 4.39 Å². The van der Waals surface area contributed by atoms with Gasteiger partial charge < -0.3 is 16.2 Å². The standard InChI is InChI=1S/C21H22FN5O/c22-19-10-13(3-8-17(19)14-11-26-21(24)27-12-14)18-2-1-9-25-20(18)28-16-6-4-15(23)5-7-16/h1-3,8-12,15-16H,4-7,23H2,(H2,24,26,27)/t15-,16-. The molecule has 1 fully saturated rings. The van der Waals surface area contributed by atoms with Crippen molar-refractivity contribution in [2.24, 2.45) is 5.73 Å². The second-order valence-electron chi connectivity index (χ2n) is 7.04. The van der Waals surface area contributed by atoms with E-state index in [2.05, 4.69) is 15.0 Å². The fourth-order valence-corrected chi connectivity index (χ4v) is 3.46. The number of aromatic nitrogens is 3. The summed E-state index contributed by atoms with van der Waals surface area (Å²) in [5.41, 5.74) is 13.9. The number of hydrogen-bond donors (Lipinski definition) is 2. The highest BCUT2D eigenvalue weighted by atomic mass is 19.1. The van der Waals surface area contributed by atoms with Crippen LogP contribution in [0.5, 0.6) is 5.88 Å². The SMILES string of the molecule is Nc1ncc(-c2ccc(-c3cccnc3O[C@H]3CC[C@H](N)CC3)cc2F)cn1. The Morgan fingerprint density at radius 2 is 1.68 bits per heavy atom. The molecule has 0 aliphatic heterocycles. The monoisotopic (exact) mass is 379 g/mol. The lowest BCUT2D eigenvalue weighted by Crippen LogP contribution is -2.31. The fraction of sp³-hybridized carbons (Fsp3) is 0.286. The van der Waals surface area contributed by atoms with E-state index in [1.807, 2.05) is 18.2 Å². The van der Waals surface area contributed by atoms with Crippen LogP contribution in [0.25, 0.3) is 22.3 Å². The van der Waals surface area contributed by atoms with Crippen molar-refractivity contribution < 1.29 is 9.13 Å². The van der Waals surface area contributed by atoms with Crippen LogP contribution in [-0.4, -0.2) is 27.1 Å². The lowest BCUT2D eigenvalue weighted by molar-refractivity contribution is 0.142. The number of rotatable bonds is 4. The minimum Gasteiger partial charge on any atom is -0.474 e. The molecule has 0 spiro atoms. The molecule has 6 nitrogen and oxygen atoms in total. The maximum absolute atomic E-state index is 14.8. The summed E-state index contributed by atoms with van der Waals surface area (Å²) in [5.74, 6) is 0.303. The van der Waals surface area contributed by atoms with Gasteiger partial charge in [0.25, 0.3) is 0 Å². The number of halogens is 1. The Balaban J connectivity index is 1.61. The number of anilines is 1. The van der Waals surface area contributed by atoms with Gasteiger partial charge in [0.05, 0.1) is 0 Å². The molecule has 1 aliphatic carbocycles. The van der Waals surface area contributed by atoms with Gasteiger partial charge in [-0.05, 0) is 49.4 Å². The van der Waals surface area contributed by atoms with Gasteiger partial charge in [0.2, 0.25) is 11.8 Å². The van der Waals surface area contributed by atoms with Crippen LogP contribution in [-0.2, 0) is 0 Å². The normalized spacial score (nSPS) is 19.4. The van der Waals surface area contributed by atoms with Crippen LogP contribution >= 0.6 is 0 Å². The van der Waals surface area contributed by atoms with E-state index in [1.165, 1.54) is 18.5 Å². The van der Waals surface area contributed by atoms with Gasteiger partial charge >= 0.3 is 0 Å². The minimum atomic E-state index is -0.371. The molecule has 1 aliphatic rings. The van der Waals surface area contributed by atoms with Crippen LogP contribution in [0.15, 0.2) is 48.9 Å². The Bertz CT molecular complexity index is 955. The summed E-state index contributed by atoms with van der Waals surface area (Å²) in [6.07, 6.45) is 8.48. The lowest BCUT2D eigenvalue weighted by atomic mass is 9.93. The van der Waals surface area contributed by atoms with Crippen LogP contribution < -0.4 is 16.2 Å². The van der Waals surface area contributed by atoms with Crippen LogP contribution in [0.3, 0.4) is 0 Å². The van der Waals surface area contributed by atoms with E-state index in [0.717, 1.165) is 31.2 Å². The molecule has 0 radical (unpaired) electrons. The first-order valence-electron chi connectivity index (χ1n) is 9.35. The van der Waals surface area contributed by atoms with Gasteiger partial charge in [0.15, 0.2) is 0 Å². The van der Waals surface area contributed by atoms with Crippen LogP contribution in [0.1, 0.15) is 25.7 Å². The zero-order valence-corrected chi connectivity index (χ0v) is 15.4. The third-order valence-corrected chi connectivity index (χ3v) is 5.03. The highest BCUT2D eigenvalue weighted by Gasteiger charge is 2.22. The molecule has 28 heavy (non-hydrogen) atoms. The quantitative estimate of drug-likeness (QED) is 0.719. The van der Waals surface area contributed by atoms with Crippen molar-refractivity contribution in [2.45, 2.75) is 37.8 Å². The topological polar surface area (TPSA) is 99.9 Å². The summed E-state index contributed by atoms with van der Waals surface area (Å²) in [5, 5.41) is 0. The molecule has 7 heteroatoms. The first kappa shape index (κ1) is 18.3. The van der Waals surface area contributed by atoms with Crippen LogP contribution in [0, 0.1) is 5.82 Å². The van der Waals surface area contributed by atoms with Crippen molar-refractivity contribution in [3.8, 4) is 28.1 Å². The molecular weight excluding hydrogens is 357 g/mol. The molecule has 0 bridgehead atoms. The van der Waals surface area contributed by atoms with E-state index in [1.54, 1.807) is 12.3 Å². The summed E-state index contributed by atoms with van der Waals surface area (Å²) < 4.78 is 20.9. The van der Waals surface area contributed by atoms with Gasteiger partial charge in [-0.25, -0.2) is 19.3 Å². The first-order valence-corrected chi connectivity index (χ1v) is 9.35. The van der Waals surface area contributed by atoms with Crippen molar-refractivity contribution in [2.75, 3.05) is 5.73 Å². The number of nitrogens with two attached hydrogens (primary N) is 2. The molecular formula is C21H22FN5O. The zero-order chi connectivity index (χ0) is 19.5. The van der Waals surface area contributed by atoms with E-state index >= 15 is 0 Å². The Morgan fingerprint density at radius 3 is 2.39 bits per heavy atom. The van der Waals surface area contributed by atoms with Gasteiger partial charge in [-0.15, -0.1) is 0 Å². The van der Waals surface area contributed by atoms with Crippen LogP contribution in [0.4, 0.5) is 10.3 Å². The number of ether oxygens (including phenoxy) is 1. The highest BCUT2D eigenvalue weighted by Crippen LogP contribution is 2.33. The molecule has 4 N–H and O–H groups in total. The molecule has 2 heterocycles. The molecule has 0 amide bonds. The Hall–Kier alpha value is -3.06. The number of hydrogen-bond acceptors (Lipinski definition) is 6. The maximum Gasteiger partial charge on any atom is 0.221 e. The Labute approximate surface area is 162 Å². The van der Waals surface area contributed by atoms with E-state index in [0.29, 0.717) is 22.6 Å². The Morgan fingerprint density at radius 1 is 0.929 bits per heavy atom. The van der Waals surface area contributed by atoms with Gasteiger partial charge in [-0.3, -0.25) is 0 Å². The number of nitrogen functional groups attached to an aromatic ring is 1. The average molecular weight is 379 g/mol. The highest BCUT2D eigenvalue weighted by molar-refractivity contribution is 5.73. The van der Waals surface area contributed by atoms with Crippen molar-refractivity contribution in [1.82, 2.24) is 15.0 Å². The minimum absolute atomic E-state index is 0.0875. The predicted molar refractivity (Wildman–Crippen MR) is 106 cm³/mol. The third kappa shape index (κ3) is 3.94. The molecule has 3 aromatic rings. The van der Waals surface area contributed by atoms with Gasteiger partial charge in [0.1, 0.15) is 11.9 Å². The smallest absolute Gasteiger partial charge is 0.221 e. The molecule has 4 rings (SSSR count). The molecule has 0 unspecified atom stereocenters. The molecule has 2 aromatic heterocycles. The van der Waals surface area contributed by atoms with Gasteiger partial charge in [-0.2, -0.15) is 0 Å². The average Bonchev–Trinajstić information content (AvgIpc) is 2.71. The van der Waals surface area contributed by atoms with Crippen molar-refractivity contribution in [3.63, 3.8) is 0 Å². The predicted octanol–water partition coefficient (Wildman–Crippen LogP) is 3.58. The van der Waals surface area contributed by atoms with Gasteiger partial charge in [0, 0.05) is 41.3 Å². The van der Waals surface area contributed by atoms with Crippen molar-refractivity contribution in [1.29, 1.82) is 0 Å². The third-order valence-electron chi connectivity index (χ3n) is 5.03. The summed E-state index contributed by atoms with van der Waals surface area (Å²) in [4.78, 5) is 12.2. The summed E-state index contributed by atoms with van der Waals surface area (Å²) in [7, 11) is 0. The van der Waals surface area contributed by atoms with E-state index in [4.69, 9.17) is 16.2 Å². The molecule has 1 saturated carbocycles. The fourth-order valence-electron chi connectivity index (χ4n) is 3.46. The zero-order valence-electron chi connectivity index (χ0n) is 15.4. The molecule has 144 valence electrons. The lowest BCUT2D eigenvalue weighted by Gasteiger charge is -2.27. The van der Waals surface area contributed by atoms with Crippen molar-refractivity contribution in [3.05, 3.63) is 54.7 Å². The Kier molecular flexibility index (Phi) is 5.16. The number of benzene rings is 1. The second-order valence-corrected chi connectivity index (χ2v) is 7.04. The van der Waals surface area contributed by atoms with Crippen LogP contribution in [0.2, 0.25) is 0 Å². The largest absolute Gasteiger partial charge is 0.474 e.